The maximum atomic E-state index is 6.61. The molecule has 4 nitrogen and oxygen atoms in total. The van der Waals surface area contributed by atoms with Gasteiger partial charge in [0.1, 0.15) is 0 Å². The molecule has 0 saturated heterocycles. The number of nitrogens with zero attached hydrogens (tertiary/aromatic N) is 1. The summed E-state index contributed by atoms with van der Waals surface area (Å²) in [6, 6.07) is 0. The standard InChI is InChI=1S/C58H105NO3/c1-9-10-11-12-13-14-15-16-17-18-19-20-21-22-25-28-42-60-47-52(46-59(7)8)62-44-30-27-24-23-26-29-43-61-51-38-40-57(5)50(45-51)34-35-53-55-37-36-54(49(4)33-31-32-48(2)3)58(55,6)41-39-56(53)57/h13-14,16-17,34,48-49,51-56H,9-12,15,18-33,35-47H2,1-8H3/b14-13-,17-16-/t49-,51+,52-,53?,54-,55?,56?,57+,58-/m1/s1. The van der Waals surface area contributed by atoms with Gasteiger partial charge in [0.2, 0.25) is 0 Å². The van der Waals surface area contributed by atoms with Crippen molar-refractivity contribution in [1.29, 1.82) is 0 Å². The van der Waals surface area contributed by atoms with E-state index < -0.39 is 0 Å². The molecule has 0 spiro atoms. The minimum atomic E-state index is 0.173. The van der Waals surface area contributed by atoms with Gasteiger partial charge >= 0.3 is 0 Å². The first-order valence-corrected chi connectivity index (χ1v) is 27.5. The lowest BCUT2D eigenvalue weighted by molar-refractivity contribution is -0.0641. The number of likely N-dealkylation sites (N-methyl/N-ethyl adjacent to an activating group) is 1. The third-order valence-corrected chi connectivity index (χ3v) is 16.9. The molecule has 360 valence electrons. The Labute approximate surface area is 387 Å². The predicted octanol–water partition coefficient (Wildman–Crippen LogP) is 16.5. The van der Waals surface area contributed by atoms with Crippen molar-refractivity contribution in [2.45, 2.75) is 240 Å². The number of hydrogen-bond donors (Lipinski definition) is 0. The fraction of sp³-hybridized carbons (Fsp3) is 0.897. The average Bonchev–Trinajstić information content (AvgIpc) is 3.60. The van der Waals surface area contributed by atoms with Gasteiger partial charge < -0.3 is 19.1 Å². The maximum absolute atomic E-state index is 6.61. The molecule has 0 aromatic rings. The third-order valence-electron chi connectivity index (χ3n) is 16.9. The van der Waals surface area contributed by atoms with Crippen LogP contribution in [0.2, 0.25) is 0 Å². The van der Waals surface area contributed by atoms with Crippen LogP contribution in [0.15, 0.2) is 36.0 Å². The highest BCUT2D eigenvalue weighted by molar-refractivity contribution is 5.25. The van der Waals surface area contributed by atoms with E-state index in [1.54, 1.807) is 5.57 Å². The number of allylic oxidation sites excluding steroid dienone is 5. The van der Waals surface area contributed by atoms with Gasteiger partial charge in [0.25, 0.3) is 0 Å². The van der Waals surface area contributed by atoms with E-state index in [1.165, 1.54) is 173 Å². The van der Waals surface area contributed by atoms with Gasteiger partial charge in [-0.3, -0.25) is 0 Å². The van der Waals surface area contributed by atoms with E-state index in [2.05, 4.69) is 90.9 Å². The van der Waals surface area contributed by atoms with Crippen molar-refractivity contribution in [3.8, 4) is 0 Å². The Balaban J connectivity index is 0.980. The van der Waals surface area contributed by atoms with Crippen molar-refractivity contribution in [2.75, 3.05) is 47.1 Å². The molecule has 62 heavy (non-hydrogen) atoms. The monoisotopic (exact) mass is 864 g/mol. The number of fused-ring (bicyclic) bond motifs is 5. The van der Waals surface area contributed by atoms with Gasteiger partial charge in [-0.25, -0.2) is 0 Å². The average molecular weight is 864 g/mol. The lowest BCUT2D eigenvalue weighted by Gasteiger charge is -2.58. The Hall–Kier alpha value is -0.940. The minimum absolute atomic E-state index is 0.173. The van der Waals surface area contributed by atoms with Crippen molar-refractivity contribution >= 4 is 0 Å². The highest BCUT2D eigenvalue weighted by Crippen LogP contribution is 2.67. The van der Waals surface area contributed by atoms with Gasteiger partial charge in [-0.1, -0.05) is 161 Å². The van der Waals surface area contributed by atoms with Crippen LogP contribution in [0.4, 0.5) is 0 Å². The lowest BCUT2D eigenvalue weighted by atomic mass is 9.47. The molecule has 0 amide bonds. The molecule has 0 bridgehead atoms. The van der Waals surface area contributed by atoms with E-state index >= 15 is 0 Å². The van der Waals surface area contributed by atoms with Crippen LogP contribution in [-0.2, 0) is 14.2 Å². The van der Waals surface area contributed by atoms with Crippen LogP contribution in [0.5, 0.6) is 0 Å². The molecule has 9 atom stereocenters. The van der Waals surface area contributed by atoms with E-state index in [0.29, 0.717) is 16.9 Å². The number of hydrogen-bond acceptors (Lipinski definition) is 4. The molecule has 4 heteroatoms. The summed E-state index contributed by atoms with van der Waals surface area (Å²) in [4.78, 5) is 2.23. The minimum Gasteiger partial charge on any atom is -0.379 e. The van der Waals surface area contributed by atoms with E-state index in [0.717, 1.165) is 81.3 Å². The van der Waals surface area contributed by atoms with Gasteiger partial charge in [0, 0.05) is 26.4 Å². The first kappa shape index (κ1) is 53.7. The molecule has 3 unspecified atom stereocenters. The van der Waals surface area contributed by atoms with Gasteiger partial charge in [-0.15, -0.1) is 0 Å². The van der Waals surface area contributed by atoms with Crippen LogP contribution in [0, 0.1) is 46.3 Å². The van der Waals surface area contributed by atoms with Gasteiger partial charge in [-0.05, 0) is 163 Å². The normalized spacial score (nSPS) is 28.5. The lowest BCUT2D eigenvalue weighted by Crippen LogP contribution is -2.51. The second kappa shape index (κ2) is 30.4. The summed E-state index contributed by atoms with van der Waals surface area (Å²) in [5.74, 6) is 5.49. The molecule has 3 fully saturated rings. The van der Waals surface area contributed by atoms with Crippen molar-refractivity contribution < 1.29 is 14.2 Å². The quantitative estimate of drug-likeness (QED) is 0.0469. The van der Waals surface area contributed by atoms with Crippen LogP contribution in [0.1, 0.15) is 228 Å². The predicted molar refractivity (Wildman–Crippen MR) is 269 cm³/mol. The Morgan fingerprint density at radius 1 is 0.694 bits per heavy atom. The zero-order valence-electron chi connectivity index (χ0n) is 42.7. The molecule has 0 aromatic heterocycles. The summed E-state index contributed by atoms with van der Waals surface area (Å²) in [6.45, 7) is 19.4. The topological polar surface area (TPSA) is 30.9 Å². The largest absolute Gasteiger partial charge is 0.379 e. The van der Waals surface area contributed by atoms with Gasteiger partial charge in [-0.2, -0.15) is 0 Å². The van der Waals surface area contributed by atoms with Crippen molar-refractivity contribution in [3.63, 3.8) is 0 Å². The van der Waals surface area contributed by atoms with E-state index in [4.69, 9.17) is 14.2 Å². The molecule has 4 aliphatic rings. The summed E-state index contributed by atoms with van der Waals surface area (Å²) in [7, 11) is 4.28. The Kier molecular flexibility index (Phi) is 26.3. The molecule has 0 heterocycles. The highest BCUT2D eigenvalue weighted by atomic mass is 16.5. The zero-order valence-corrected chi connectivity index (χ0v) is 42.7. The van der Waals surface area contributed by atoms with Crippen molar-refractivity contribution in [3.05, 3.63) is 36.0 Å². The van der Waals surface area contributed by atoms with Crippen LogP contribution < -0.4 is 0 Å². The van der Waals surface area contributed by atoms with Crippen LogP contribution in [0.3, 0.4) is 0 Å². The highest BCUT2D eigenvalue weighted by Gasteiger charge is 2.59. The summed E-state index contributed by atoms with van der Waals surface area (Å²) in [5.41, 5.74) is 2.79. The van der Waals surface area contributed by atoms with Crippen molar-refractivity contribution in [1.82, 2.24) is 4.90 Å². The van der Waals surface area contributed by atoms with Crippen molar-refractivity contribution in [2.24, 2.45) is 46.3 Å². The molecule has 0 N–H and O–H groups in total. The molecular formula is C58H105NO3. The Bertz CT molecular complexity index is 1240. The number of rotatable bonds is 35. The fourth-order valence-corrected chi connectivity index (χ4v) is 13.2. The Morgan fingerprint density at radius 3 is 2.05 bits per heavy atom. The first-order chi connectivity index (χ1) is 30.1. The molecule has 3 saturated carbocycles. The van der Waals surface area contributed by atoms with Crippen LogP contribution >= 0.6 is 0 Å². The van der Waals surface area contributed by atoms with E-state index in [9.17, 15) is 0 Å². The van der Waals surface area contributed by atoms with Crippen LogP contribution in [0.25, 0.3) is 0 Å². The molecule has 0 radical (unpaired) electrons. The fourth-order valence-electron chi connectivity index (χ4n) is 13.2. The zero-order chi connectivity index (χ0) is 44.5. The smallest absolute Gasteiger partial charge is 0.0934 e. The first-order valence-electron chi connectivity index (χ1n) is 27.5. The summed E-state index contributed by atoms with van der Waals surface area (Å²) in [6.07, 6.45) is 51.1. The molecule has 4 rings (SSSR count). The molecule has 0 aliphatic heterocycles. The molecular weight excluding hydrogens is 759 g/mol. The molecule has 0 aromatic carbocycles. The Morgan fingerprint density at radius 2 is 1.35 bits per heavy atom. The van der Waals surface area contributed by atoms with E-state index in [-0.39, 0.29) is 6.10 Å². The van der Waals surface area contributed by atoms with E-state index in [1.807, 2.05) is 0 Å². The number of unbranched alkanes of at least 4 members (excludes halogenated alkanes) is 14. The second-order valence-corrected chi connectivity index (χ2v) is 22.6. The summed E-state index contributed by atoms with van der Waals surface area (Å²) in [5, 5.41) is 0. The second-order valence-electron chi connectivity index (χ2n) is 22.6. The SMILES string of the molecule is CCCCC/C=C\C/C=C\CCCCCCCCOC[C@@H](CN(C)C)OCCCCCCCCO[C@H]1CC[C@@]2(C)C(=CCC3C2CC[C@@]2(C)C3CC[C@@H]2[C@H](C)CCCC(C)C)C1. The van der Waals surface area contributed by atoms with Gasteiger partial charge in [0.05, 0.1) is 18.8 Å². The number of ether oxygens (including phenoxy) is 3. The molecule has 4 aliphatic carbocycles. The summed E-state index contributed by atoms with van der Waals surface area (Å²) < 4.78 is 19.0. The van der Waals surface area contributed by atoms with Crippen LogP contribution in [-0.4, -0.2) is 64.2 Å². The maximum Gasteiger partial charge on any atom is 0.0934 e. The van der Waals surface area contributed by atoms with Gasteiger partial charge in [0.15, 0.2) is 0 Å². The summed E-state index contributed by atoms with van der Waals surface area (Å²) >= 11 is 0. The third kappa shape index (κ3) is 18.4.